The standard InChI is InChI=1S/C13H19NO3/c1-11(15)7-8-13(16)14-9-10-17-12-5-3-2-4-6-12/h2-6,11,15H,7-10H2,1H3,(H,14,16). The fourth-order valence-corrected chi connectivity index (χ4v) is 1.30. The molecule has 0 aliphatic rings. The van der Waals surface area contributed by atoms with Crippen molar-refractivity contribution in [2.75, 3.05) is 13.2 Å². The fraction of sp³-hybridized carbons (Fsp3) is 0.462. The third-order valence-electron chi connectivity index (χ3n) is 2.23. The summed E-state index contributed by atoms with van der Waals surface area (Å²) in [4.78, 5) is 11.3. The molecule has 0 saturated carbocycles. The van der Waals surface area contributed by atoms with Gasteiger partial charge >= 0.3 is 0 Å². The molecule has 1 aromatic carbocycles. The molecular weight excluding hydrogens is 218 g/mol. The molecule has 0 aliphatic heterocycles. The second-order valence-electron chi connectivity index (χ2n) is 3.90. The summed E-state index contributed by atoms with van der Waals surface area (Å²) in [7, 11) is 0. The average Bonchev–Trinajstić information content (AvgIpc) is 2.33. The molecule has 17 heavy (non-hydrogen) atoms. The van der Waals surface area contributed by atoms with Crippen molar-refractivity contribution in [1.29, 1.82) is 0 Å². The van der Waals surface area contributed by atoms with Gasteiger partial charge in [-0.2, -0.15) is 0 Å². The Morgan fingerprint density at radius 1 is 1.41 bits per heavy atom. The third-order valence-corrected chi connectivity index (χ3v) is 2.23. The van der Waals surface area contributed by atoms with Crippen LogP contribution in [0, 0.1) is 0 Å². The van der Waals surface area contributed by atoms with Gasteiger partial charge in [-0.1, -0.05) is 18.2 Å². The zero-order valence-corrected chi connectivity index (χ0v) is 10.1. The Bertz CT molecular complexity index is 325. The van der Waals surface area contributed by atoms with Crippen LogP contribution in [0.2, 0.25) is 0 Å². The predicted molar refractivity (Wildman–Crippen MR) is 65.9 cm³/mol. The SMILES string of the molecule is CC(O)CCC(=O)NCCOc1ccccc1. The molecule has 4 nitrogen and oxygen atoms in total. The number of carbonyl (C=O) groups excluding carboxylic acids is 1. The quantitative estimate of drug-likeness (QED) is 0.704. The minimum atomic E-state index is -0.429. The molecule has 1 amide bonds. The molecule has 0 fully saturated rings. The number of amides is 1. The Labute approximate surface area is 102 Å². The van der Waals surface area contributed by atoms with Crippen LogP contribution in [-0.4, -0.2) is 30.3 Å². The molecule has 0 aromatic heterocycles. The number of rotatable bonds is 7. The fourth-order valence-electron chi connectivity index (χ4n) is 1.30. The van der Waals surface area contributed by atoms with E-state index < -0.39 is 6.10 Å². The van der Waals surface area contributed by atoms with Gasteiger partial charge in [0, 0.05) is 6.42 Å². The molecule has 0 aliphatic carbocycles. The van der Waals surface area contributed by atoms with Crippen LogP contribution in [-0.2, 0) is 4.79 Å². The van der Waals surface area contributed by atoms with Crippen LogP contribution in [0.25, 0.3) is 0 Å². The molecule has 1 unspecified atom stereocenters. The zero-order chi connectivity index (χ0) is 12.5. The number of aliphatic hydroxyl groups excluding tert-OH is 1. The van der Waals surface area contributed by atoms with Gasteiger partial charge in [0.15, 0.2) is 0 Å². The molecule has 94 valence electrons. The first kappa shape index (κ1) is 13.5. The third kappa shape index (κ3) is 6.58. The molecule has 0 spiro atoms. The molecule has 1 atom stereocenters. The Balaban J connectivity index is 2.06. The van der Waals surface area contributed by atoms with Crippen LogP contribution in [0.15, 0.2) is 30.3 Å². The van der Waals surface area contributed by atoms with E-state index in [1.165, 1.54) is 0 Å². The van der Waals surface area contributed by atoms with E-state index in [1.54, 1.807) is 6.92 Å². The van der Waals surface area contributed by atoms with Crippen molar-refractivity contribution in [3.63, 3.8) is 0 Å². The van der Waals surface area contributed by atoms with Crippen LogP contribution in [0.3, 0.4) is 0 Å². The summed E-state index contributed by atoms with van der Waals surface area (Å²) in [5.74, 6) is 0.744. The number of para-hydroxylation sites is 1. The van der Waals surface area contributed by atoms with Crippen molar-refractivity contribution in [2.24, 2.45) is 0 Å². The molecular formula is C13H19NO3. The van der Waals surface area contributed by atoms with E-state index in [0.29, 0.717) is 26.0 Å². The molecule has 0 heterocycles. The number of ether oxygens (including phenoxy) is 1. The highest BCUT2D eigenvalue weighted by molar-refractivity contribution is 5.75. The van der Waals surface area contributed by atoms with E-state index in [0.717, 1.165) is 5.75 Å². The maximum atomic E-state index is 11.3. The summed E-state index contributed by atoms with van der Waals surface area (Å²) >= 11 is 0. The maximum absolute atomic E-state index is 11.3. The Morgan fingerprint density at radius 3 is 2.76 bits per heavy atom. The van der Waals surface area contributed by atoms with Crippen molar-refractivity contribution in [2.45, 2.75) is 25.9 Å². The lowest BCUT2D eigenvalue weighted by atomic mass is 10.2. The van der Waals surface area contributed by atoms with Gasteiger partial charge in [-0.15, -0.1) is 0 Å². The number of benzene rings is 1. The summed E-state index contributed by atoms with van der Waals surface area (Å²) in [6, 6.07) is 9.46. The molecule has 1 aromatic rings. The Hall–Kier alpha value is -1.55. The molecule has 4 heteroatoms. The molecule has 0 radical (unpaired) electrons. The van der Waals surface area contributed by atoms with Gasteiger partial charge in [0.1, 0.15) is 12.4 Å². The van der Waals surface area contributed by atoms with Crippen molar-refractivity contribution in [3.05, 3.63) is 30.3 Å². The lowest BCUT2D eigenvalue weighted by Crippen LogP contribution is -2.28. The van der Waals surface area contributed by atoms with E-state index in [1.807, 2.05) is 30.3 Å². The summed E-state index contributed by atoms with van der Waals surface area (Å²) in [6.45, 7) is 2.60. The van der Waals surface area contributed by atoms with Crippen molar-refractivity contribution in [3.8, 4) is 5.75 Å². The van der Waals surface area contributed by atoms with Crippen LogP contribution >= 0.6 is 0 Å². The number of aliphatic hydroxyl groups is 1. The van der Waals surface area contributed by atoms with Gasteiger partial charge in [0.05, 0.1) is 12.6 Å². The Morgan fingerprint density at radius 2 is 2.12 bits per heavy atom. The summed E-state index contributed by atoms with van der Waals surface area (Å²) in [5, 5.41) is 11.8. The van der Waals surface area contributed by atoms with E-state index in [-0.39, 0.29) is 5.91 Å². The highest BCUT2D eigenvalue weighted by Gasteiger charge is 2.03. The minimum absolute atomic E-state index is 0.0532. The minimum Gasteiger partial charge on any atom is -0.492 e. The summed E-state index contributed by atoms with van der Waals surface area (Å²) in [5.41, 5.74) is 0. The molecule has 1 rings (SSSR count). The van der Waals surface area contributed by atoms with Crippen molar-refractivity contribution in [1.82, 2.24) is 5.32 Å². The highest BCUT2D eigenvalue weighted by atomic mass is 16.5. The van der Waals surface area contributed by atoms with E-state index >= 15 is 0 Å². The average molecular weight is 237 g/mol. The van der Waals surface area contributed by atoms with Crippen LogP contribution in [0.5, 0.6) is 5.75 Å². The first-order chi connectivity index (χ1) is 8.18. The van der Waals surface area contributed by atoms with Crippen LogP contribution in [0.4, 0.5) is 0 Å². The summed E-state index contributed by atoms with van der Waals surface area (Å²) < 4.78 is 5.42. The first-order valence-corrected chi connectivity index (χ1v) is 5.81. The van der Waals surface area contributed by atoms with Crippen LogP contribution in [0.1, 0.15) is 19.8 Å². The second kappa shape index (κ2) is 7.68. The van der Waals surface area contributed by atoms with Gasteiger partial charge in [-0.25, -0.2) is 0 Å². The van der Waals surface area contributed by atoms with E-state index in [9.17, 15) is 4.79 Å². The number of hydrogen-bond donors (Lipinski definition) is 2. The lowest BCUT2D eigenvalue weighted by molar-refractivity contribution is -0.121. The maximum Gasteiger partial charge on any atom is 0.220 e. The zero-order valence-electron chi connectivity index (χ0n) is 10.1. The predicted octanol–water partition coefficient (Wildman–Crippen LogP) is 1.34. The lowest BCUT2D eigenvalue weighted by Gasteiger charge is -2.08. The molecule has 2 N–H and O–H groups in total. The van der Waals surface area contributed by atoms with Gasteiger partial charge in [-0.3, -0.25) is 4.79 Å². The van der Waals surface area contributed by atoms with Gasteiger partial charge < -0.3 is 15.2 Å². The van der Waals surface area contributed by atoms with E-state index in [4.69, 9.17) is 9.84 Å². The van der Waals surface area contributed by atoms with Gasteiger partial charge in [0.25, 0.3) is 0 Å². The van der Waals surface area contributed by atoms with Crippen molar-refractivity contribution < 1.29 is 14.6 Å². The summed E-state index contributed by atoms with van der Waals surface area (Å²) in [6.07, 6.45) is 0.412. The first-order valence-electron chi connectivity index (χ1n) is 5.81. The monoisotopic (exact) mass is 237 g/mol. The Kier molecular flexibility index (Phi) is 6.10. The molecule has 0 bridgehead atoms. The normalized spacial score (nSPS) is 11.9. The van der Waals surface area contributed by atoms with Crippen LogP contribution < -0.4 is 10.1 Å². The number of hydrogen-bond acceptors (Lipinski definition) is 3. The van der Waals surface area contributed by atoms with Gasteiger partial charge in [-0.05, 0) is 25.5 Å². The number of carbonyl (C=O) groups is 1. The van der Waals surface area contributed by atoms with E-state index in [2.05, 4.69) is 5.32 Å². The molecule has 0 saturated heterocycles. The van der Waals surface area contributed by atoms with Crippen molar-refractivity contribution >= 4 is 5.91 Å². The number of nitrogens with one attached hydrogen (secondary N) is 1. The largest absolute Gasteiger partial charge is 0.492 e. The second-order valence-corrected chi connectivity index (χ2v) is 3.90. The topological polar surface area (TPSA) is 58.6 Å². The smallest absolute Gasteiger partial charge is 0.220 e. The van der Waals surface area contributed by atoms with Gasteiger partial charge in [0.2, 0.25) is 5.91 Å². The highest BCUT2D eigenvalue weighted by Crippen LogP contribution is 2.07.